The lowest BCUT2D eigenvalue weighted by Crippen LogP contribution is -2.64. The van der Waals surface area contributed by atoms with Gasteiger partial charge in [0.05, 0.1) is 0 Å². The standard InChI is InChI=1S/C12H20N2O2S.C2H6/c1-5-7-8(3)12(6-2)9(15)13-11(17)14(4)10(12)16;1-2/h8H,5-7H2,1-4H3,(H,13,15,17);1-2H3. The highest BCUT2D eigenvalue weighted by atomic mass is 32.1. The molecule has 0 bridgehead atoms. The minimum Gasteiger partial charge on any atom is -0.302 e. The zero-order chi connectivity index (χ0) is 15.2. The van der Waals surface area contributed by atoms with Crippen molar-refractivity contribution in [3.63, 3.8) is 0 Å². The second kappa shape index (κ2) is 7.58. The molecule has 1 aliphatic heterocycles. The van der Waals surface area contributed by atoms with Gasteiger partial charge in [-0.25, -0.2) is 0 Å². The number of carbonyl (C=O) groups excluding carboxylic acids is 2. The third kappa shape index (κ3) is 3.14. The van der Waals surface area contributed by atoms with Gasteiger partial charge >= 0.3 is 0 Å². The Hall–Kier alpha value is -0.970. The summed E-state index contributed by atoms with van der Waals surface area (Å²) >= 11 is 4.96. The smallest absolute Gasteiger partial charge is 0.244 e. The Morgan fingerprint density at radius 3 is 2.26 bits per heavy atom. The third-order valence-corrected chi connectivity index (χ3v) is 4.11. The van der Waals surface area contributed by atoms with Crippen molar-refractivity contribution in [2.75, 3.05) is 7.05 Å². The summed E-state index contributed by atoms with van der Waals surface area (Å²) in [5, 5.41) is 2.84. The van der Waals surface area contributed by atoms with Gasteiger partial charge in [-0.15, -0.1) is 0 Å². The number of amides is 2. The fourth-order valence-electron chi connectivity index (χ4n) is 2.56. The molecule has 1 N–H and O–H groups in total. The predicted molar refractivity (Wildman–Crippen MR) is 81.7 cm³/mol. The summed E-state index contributed by atoms with van der Waals surface area (Å²) < 4.78 is 0. The Bertz CT molecular complexity index is 357. The number of rotatable bonds is 4. The van der Waals surface area contributed by atoms with E-state index in [-0.39, 0.29) is 22.8 Å². The van der Waals surface area contributed by atoms with Crippen molar-refractivity contribution in [3.8, 4) is 0 Å². The van der Waals surface area contributed by atoms with Gasteiger partial charge in [0.1, 0.15) is 5.41 Å². The fraction of sp³-hybridized carbons (Fsp3) is 0.786. The van der Waals surface area contributed by atoms with Crippen LogP contribution in [0.25, 0.3) is 0 Å². The van der Waals surface area contributed by atoms with Gasteiger partial charge in [0.2, 0.25) is 11.8 Å². The summed E-state index contributed by atoms with van der Waals surface area (Å²) in [6.07, 6.45) is 2.32. The van der Waals surface area contributed by atoms with Gasteiger partial charge in [-0.2, -0.15) is 0 Å². The lowest BCUT2D eigenvalue weighted by atomic mass is 9.69. The van der Waals surface area contributed by atoms with Gasteiger partial charge < -0.3 is 5.32 Å². The van der Waals surface area contributed by atoms with Gasteiger partial charge in [-0.3, -0.25) is 14.5 Å². The molecule has 1 saturated heterocycles. The summed E-state index contributed by atoms with van der Waals surface area (Å²) in [6, 6.07) is 0. The highest BCUT2D eigenvalue weighted by Gasteiger charge is 2.53. The van der Waals surface area contributed by atoms with Crippen molar-refractivity contribution in [2.24, 2.45) is 11.3 Å². The molecule has 1 heterocycles. The van der Waals surface area contributed by atoms with Crippen LogP contribution in [0.4, 0.5) is 0 Å². The van der Waals surface area contributed by atoms with Gasteiger partial charge in [0.15, 0.2) is 5.11 Å². The van der Waals surface area contributed by atoms with Gasteiger partial charge in [-0.05, 0) is 31.0 Å². The van der Waals surface area contributed by atoms with Crippen LogP contribution in [0.2, 0.25) is 0 Å². The fourth-order valence-corrected chi connectivity index (χ4v) is 2.73. The third-order valence-electron chi connectivity index (χ3n) is 3.74. The van der Waals surface area contributed by atoms with E-state index in [4.69, 9.17) is 12.2 Å². The number of nitrogens with zero attached hydrogens (tertiary/aromatic N) is 1. The average Bonchev–Trinajstić information content (AvgIpc) is 2.40. The Morgan fingerprint density at radius 2 is 1.84 bits per heavy atom. The molecule has 1 rings (SSSR count). The molecule has 0 radical (unpaired) electrons. The first-order valence-electron chi connectivity index (χ1n) is 7.05. The molecule has 0 aliphatic carbocycles. The van der Waals surface area contributed by atoms with Gasteiger partial charge in [-0.1, -0.05) is 41.0 Å². The second-order valence-electron chi connectivity index (χ2n) is 4.64. The zero-order valence-electron chi connectivity index (χ0n) is 12.9. The summed E-state index contributed by atoms with van der Waals surface area (Å²) in [6.45, 7) is 9.90. The van der Waals surface area contributed by atoms with E-state index in [1.165, 1.54) is 4.90 Å². The maximum Gasteiger partial charge on any atom is 0.244 e. The molecule has 0 saturated carbocycles. The van der Waals surface area contributed by atoms with Crippen molar-refractivity contribution in [1.82, 2.24) is 10.2 Å². The molecule has 2 amide bonds. The zero-order valence-corrected chi connectivity index (χ0v) is 13.7. The van der Waals surface area contributed by atoms with Crippen molar-refractivity contribution in [3.05, 3.63) is 0 Å². The molecule has 0 aromatic rings. The van der Waals surface area contributed by atoms with Gasteiger partial charge in [0, 0.05) is 7.05 Å². The SMILES string of the molecule is CC.CCCC(C)C1(CC)C(=O)NC(=S)N(C)C1=O. The van der Waals surface area contributed by atoms with Crippen LogP contribution in [0.15, 0.2) is 0 Å². The quantitative estimate of drug-likeness (QED) is 0.638. The van der Waals surface area contributed by atoms with Gasteiger partial charge in [0.25, 0.3) is 0 Å². The number of carbonyl (C=O) groups is 2. The van der Waals surface area contributed by atoms with Crippen molar-refractivity contribution < 1.29 is 9.59 Å². The largest absolute Gasteiger partial charge is 0.302 e. The molecule has 0 aromatic heterocycles. The van der Waals surface area contributed by atoms with Crippen LogP contribution in [0.5, 0.6) is 0 Å². The molecule has 19 heavy (non-hydrogen) atoms. The van der Waals surface area contributed by atoms with Crippen LogP contribution >= 0.6 is 12.2 Å². The molecule has 110 valence electrons. The lowest BCUT2D eigenvalue weighted by molar-refractivity contribution is -0.153. The first kappa shape index (κ1) is 18.0. The lowest BCUT2D eigenvalue weighted by Gasteiger charge is -2.42. The summed E-state index contributed by atoms with van der Waals surface area (Å²) in [5.41, 5.74) is -0.951. The van der Waals surface area contributed by atoms with E-state index in [0.717, 1.165) is 12.8 Å². The monoisotopic (exact) mass is 286 g/mol. The van der Waals surface area contributed by atoms with Crippen molar-refractivity contribution in [1.29, 1.82) is 0 Å². The van der Waals surface area contributed by atoms with E-state index >= 15 is 0 Å². The van der Waals surface area contributed by atoms with E-state index < -0.39 is 5.41 Å². The van der Waals surface area contributed by atoms with Crippen LogP contribution < -0.4 is 5.32 Å². The Labute approximate surface area is 121 Å². The first-order valence-corrected chi connectivity index (χ1v) is 7.46. The number of hydrogen-bond donors (Lipinski definition) is 1. The molecule has 1 fully saturated rings. The predicted octanol–water partition coefficient (Wildman–Crippen LogP) is 2.72. The summed E-state index contributed by atoms with van der Waals surface area (Å²) in [5.74, 6) is -0.390. The maximum atomic E-state index is 12.4. The Morgan fingerprint density at radius 1 is 1.32 bits per heavy atom. The topological polar surface area (TPSA) is 49.4 Å². The number of thiocarbonyl (C=S) groups is 1. The number of nitrogens with one attached hydrogen (secondary N) is 1. The van der Waals surface area contributed by atoms with Crippen LogP contribution in [-0.4, -0.2) is 28.9 Å². The summed E-state index contributed by atoms with van der Waals surface area (Å²) in [7, 11) is 1.62. The van der Waals surface area contributed by atoms with E-state index in [1.54, 1.807) is 7.05 Å². The Kier molecular flexibility index (Phi) is 7.19. The average molecular weight is 286 g/mol. The molecule has 4 nitrogen and oxygen atoms in total. The van der Waals surface area contributed by atoms with Crippen LogP contribution in [-0.2, 0) is 9.59 Å². The minimum atomic E-state index is -0.951. The van der Waals surface area contributed by atoms with E-state index in [9.17, 15) is 9.59 Å². The summed E-state index contributed by atoms with van der Waals surface area (Å²) in [4.78, 5) is 26.0. The van der Waals surface area contributed by atoms with Crippen LogP contribution in [0, 0.1) is 11.3 Å². The Balaban J connectivity index is 0.00000154. The highest BCUT2D eigenvalue weighted by Crippen LogP contribution is 2.38. The first-order chi connectivity index (χ1) is 8.91. The van der Waals surface area contributed by atoms with Crippen LogP contribution in [0.1, 0.15) is 53.9 Å². The molecule has 0 aromatic carbocycles. The van der Waals surface area contributed by atoms with E-state index in [0.29, 0.717) is 6.42 Å². The highest BCUT2D eigenvalue weighted by molar-refractivity contribution is 7.80. The molecule has 2 atom stereocenters. The second-order valence-corrected chi connectivity index (χ2v) is 5.02. The van der Waals surface area contributed by atoms with Crippen molar-refractivity contribution >= 4 is 29.1 Å². The van der Waals surface area contributed by atoms with E-state index in [1.807, 2.05) is 27.7 Å². The van der Waals surface area contributed by atoms with E-state index in [2.05, 4.69) is 12.2 Å². The molecule has 1 aliphatic rings. The molecule has 2 unspecified atom stereocenters. The minimum absolute atomic E-state index is 0.0237. The van der Waals surface area contributed by atoms with Crippen LogP contribution in [0.3, 0.4) is 0 Å². The number of hydrogen-bond acceptors (Lipinski definition) is 3. The normalized spacial score (nSPS) is 24.5. The van der Waals surface area contributed by atoms with Crippen molar-refractivity contribution in [2.45, 2.75) is 53.9 Å². The maximum absolute atomic E-state index is 12.4. The molecule has 5 heteroatoms. The molecule has 0 spiro atoms. The molecular weight excluding hydrogens is 260 g/mol. The molecular formula is C14H26N2O2S.